The van der Waals surface area contributed by atoms with Gasteiger partial charge in [-0.3, -0.25) is 4.79 Å². The van der Waals surface area contributed by atoms with Gasteiger partial charge in [-0.25, -0.2) is 4.79 Å². The molecule has 1 aromatic heterocycles. The van der Waals surface area contributed by atoms with Crippen molar-refractivity contribution >= 4 is 34.6 Å². The van der Waals surface area contributed by atoms with Crippen LogP contribution in [-0.2, 0) is 16.8 Å². The van der Waals surface area contributed by atoms with Crippen LogP contribution < -0.4 is 19.6 Å². The van der Waals surface area contributed by atoms with E-state index in [-0.39, 0.29) is 27.9 Å². The van der Waals surface area contributed by atoms with Crippen molar-refractivity contribution in [2.24, 2.45) is 0 Å². The lowest BCUT2D eigenvalue weighted by Gasteiger charge is -2.19. The molecule has 6 nitrogen and oxygen atoms in total. The Balaban J connectivity index is 1.19. The summed E-state index contributed by atoms with van der Waals surface area (Å²) in [5.74, 6) is 0.953. The van der Waals surface area contributed by atoms with Gasteiger partial charge in [0.25, 0.3) is 0 Å². The Morgan fingerprint density at radius 1 is 0.881 bits per heavy atom. The van der Waals surface area contributed by atoms with Gasteiger partial charge in [-0.1, -0.05) is 74.8 Å². The Morgan fingerprint density at radius 3 is 2.29 bits per heavy atom. The maximum Gasteiger partial charge on any atom is 0.336 e. The van der Waals surface area contributed by atoms with Crippen molar-refractivity contribution in [1.82, 2.24) is 0 Å². The first-order chi connectivity index (χ1) is 20.2. The molecular weight excluding hydrogens is 552 g/mol. The van der Waals surface area contributed by atoms with E-state index in [1.165, 1.54) is 24.5 Å². The number of carbonyl (C=O) groups is 1. The van der Waals surface area contributed by atoms with E-state index in [0.717, 1.165) is 16.7 Å². The Kier molecular flexibility index (Phi) is 8.46. The number of halogens is 1. The van der Waals surface area contributed by atoms with Gasteiger partial charge in [-0.2, -0.15) is 0 Å². The lowest BCUT2D eigenvalue weighted by atomic mass is 9.87. The third-order valence-electron chi connectivity index (χ3n) is 6.53. The molecule has 0 amide bonds. The molecule has 0 aliphatic heterocycles. The van der Waals surface area contributed by atoms with E-state index in [4.69, 9.17) is 30.2 Å². The summed E-state index contributed by atoms with van der Waals surface area (Å²) in [6, 6.07) is 27.0. The number of hydrogen-bond donors (Lipinski definition) is 0. The van der Waals surface area contributed by atoms with E-state index in [1.807, 2.05) is 72.8 Å². The lowest BCUT2D eigenvalue weighted by molar-refractivity contribution is -0.128. The van der Waals surface area contributed by atoms with Crippen molar-refractivity contribution in [2.75, 3.05) is 0 Å². The zero-order valence-corrected chi connectivity index (χ0v) is 24.2. The highest BCUT2D eigenvalue weighted by Gasteiger charge is 2.15. The molecule has 1 heterocycles. The predicted octanol–water partition coefficient (Wildman–Crippen LogP) is 8.73. The molecule has 5 rings (SSSR count). The molecule has 0 spiro atoms. The molecule has 212 valence electrons. The summed E-state index contributed by atoms with van der Waals surface area (Å²) in [5.41, 5.74) is 2.81. The van der Waals surface area contributed by atoms with Crippen LogP contribution in [0.3, 0.4) is 0 Å². The van der Waals surface area contributed by atoms with E-state index in [9.17, 15) is 9.59 Å². The Hall–Kier alpha value is -4.81. The summed E-state index contributed by atoms with van der Waals surface area (Å²) < 4.78 is 22.6. The smallest absolute Gasteiger partial charge is 0.336 e. The molecule has 0 unspecified atom stereocenters. The van der Waals surface area contributed by atoms with Crippen molar-refractivity contribution in [2.45, 2.75) is 32.8 Å². The first-order valence-electron chi connectivity index (χ1n) is 13.4. The number of ether oxygens (including phenoxy) is 3. The van der Waals surface area contributed by atoms with Gasteiger partial charge in [0.05, 0.1) is 5.39 Å². The van der Waals surface area contributed by atoms with Crippen molar-refractivity contribution < 1.29 is 23.4 Å². The summed E-state index contributed by atoms with van der Waals surface area (Å²) in [4.78, 5) is 25.4. The average Bonchev–Trinajstić information content (AvgIpc) is 2.97. The maximum atomic E-state index is 13.0. The van der Waals surface area contributed by atoms with Gasteiger partial charge in [-0.15, -0.1) is 0 Å². The van der Waals surface area contributed by atoms with E-state index in [1.54, 1.807) is 12.1 Å². The van der Waals surface area contributed by atoms with Crippen molar-refractivity contribution in [3.8, 4) is 23.0 Å². The summed E-state index contributed by atoms with van der Waals surface area (Å²) in [7, 11) is 0. The van der Waals surface area contributed by atoms with Gasteiger partial charge in [-0.05, 0) is 65.1 Å². The maximum absolute atomic E-state index is 13.0. The fraction of sp³-hybridized carbons (Fsp3) is 0.143. The minimum absolute atomic E-state index is 0.0111. The third kappa shape index (κ3) is 7.09. The molecule has 0 bridgehead atoms. The molecule has 0 saturated carbocycles. The number of rotatable bonds is 8. The normalized spacial score (nSPS) is 11.5. The molecule has 0 fully saturated rings. The van der Waals surface area contributed by atoms with Crippen LogP contribution in [0.2, 0.25) is 5.02 Å². The highest BCUT2D eigenvalue weighted by atomic mass is 35.5. The molecule has 7 heteroatoms. The minimum atomic E-state index is -0.575. The van der Waals surface area contributed by atoms with E-state index in [2.05, 4.69) is 20.8 Å². The minimum Gasteiger partial charge on any atom is -0.489 e. The lowest BCUT2D eigenvalue weighted by Crippen LogP contribution is -2.10. The Labute approximate surface area is 248 Å². The van der Waals surface area contributed by atoms with Gasteiger partial charge in [0.15, 0.2) is 0 Å². The second-order valence-corrected chi connectivity index (χ2v) is 11.1. The largest absolute Gasteiger partial charge is 0.489 e. The summed E-state index contributed by atoms with van der Waals surface area (Å²) in [6.45, 7) is 6.74. The number of fused-ring (bicyclic) bond motifs is 1. The van der Waals surface area contributed by atoms with E-state index >= 15 is 0 Å². The number of esters is 1. The molecule has 4 aromatic carbocycles. The van der Waals surface area contributed by atoms with Gasteiger partial charge in [0.2, 0.25) is 11.2 Å². The zero-order valence-electron chi connectivity index (χ0n) is 23.4. The van der Waals surface area contributed by atoms with Crippen molar-refractivity contribution in [1.29, 1.82) is 0 Å². The monoisotopic (exact) mass is 580 g/mol. The Morgan fingerprint density at radius 2 is 1.57 bits per heavy atom. The van der Waals surface area contributed by atoms with Gasteiger partial charge in [0, 0.05) is 22.7 Å². The standard InChI is InChI=1S/C35H29ClO6/c1-35(2,3)25-11-15-27(16-12-25)41-32-22-40-31-20-28(17-18-29(31)34(32)38)42-33(37)19-10-23-8-13-26(14-9-23)39-21-24-6-4-5-7-30(24)36/h4-20,22H,21H2,1-3H3/b19-10+. The molecule has 0 aliphatic carbocycles. The second-order valence-electron chi connectivity index (χ2n) is 10.7. The average molecular weight is 581 g/mol. The Bertz CT molecular complexity index is 1800. The first kappa shape index (κ1) is 28.7. The topological polar surface area (TPSA) is 75.0 Å². The molecule has 0 aliphatic rings. The molecule has 42 heavy (non-hydrogen) atoms. The van der Waals surface area contributed by atoms with Crippen LogP contribution in [0.15, 0.2) is 113 Å². The van der Waals surface area contributed by atoms with Crippen molar-refractivity contribution in [3.05, 3.63) is 135 Å². The highest BCUT2D eigenvalue weighted by molar-refractivity contribution is 6.31. The molecular formula is C35H29ClO6. The van der Waals surface area contributed by atoms with E-state index in [0.29, 0.717) is 28.5 Å². The predicted molar refractivity (Wildman–Crippen MR) is 165 cm³/mol. The van der Waals surface area contributed by atoms with Crippen LogP contribution in [0, 0.1) is 0 Å². The summed E-state index contributed by atoms with van der Waals surface area (Å²) in [5, 5.41) is 0.965. The summed E-state index contributed by atoms with van der Waals surface area (Å²) in [6.07, 6.45) is 4.22. The second kappa shape index (κ2) is 12.4. The number of carbonyl (C=O) groups excluding carboxylic acids is 1. The van der Waals surface area contributed by atoms with Gasteiger partial charge >= 0.3 is 5.97 Å². The highest BCUT2D eigenvalue weighted by Crippen LogP contribution is 2.28. The third-order valence-corrected chi connectivity index (χ3v) is 6.89. The molecule has 0 radical (unpaired) electrons. The number of hydrogen-bond acceptors (Lipinski definition) is 6. The van der Waals surface area contributed by atoms with Crippen molar-refractivity contribution in [3.63, 3.8) is 0 Å². The molecule has 0 atom stereocenters. The fourth-order valence-electron chi connectivity index (χ4n) is 4.14. The van der Waals surface area contributed by atoms with Crippen LogP contribution >= 0.6 is 11.6 Å². The van der Waals surface area contributed by atoms with Gasteiger partial charge in [0.1, 0.15) is 35.7 Å². The molecule has 0 N–H and O–H groups in total. The van der Waals surface area contributed by atoms with Crippen LogP contribution in [-0.4, -0.2) is 5.97 Å². The number of benzene rings is 4. The van der Waals surface area contributed by atoms with Crippen LogP contribution in [0.25, 0.3) is 17.0 Å². The van der Waals surface area contributed by atoms with Gasteiger partial charge < -0.3 is 18.6 Å². The fourth-order valence-corrected chi connectivity index (χ4v) is 4.33. The van der Waals surface area contributed by atoms with E-state index < -0.39 is 5.97 Å². The quantitative estimate of drug-likeness (QED) is 0.104. The van der Waals surface area contributed by atoms with Crippen LogP contribution in [0.5, 0.6) is 23.0 Å². The zero-order chi connectivity index (χ0) is 29.7. The first-order valence-corrected chi connectivity index (χ1v) is 13.7. The summed E-state index contributed by atoms with van der Waals surface area (Å²) >= 11 is 6.17. The van der Waals surface area contributed by atoms with Crippen LogP contribution in [0.1, 0.15) is 37.5 Å². The van der Waals surface area contributed by atoms with Crippen LogP contribution in [0.4, 0.5) is 0 Å². The molecule has 0 saturated heterocycles. The SMILES string of the molecule is CC(C)(C)c1ccc(Oc2coc3cc(OC(=O)/C=C/c4ccc(OCc5ccccc5Cl)cc4)ccc3c2=O)cc1. The molecule has 5 aromatic rings.